The molecule has 0 unspecified atom stereocenters. The zero-order valence-corrected chi connectivity index (χ0v) is 18.5. The molecule has 2 heterocycles. The summed E-state index contributed by atoms with van der Waals surface area (Å²) in [6.45, 7) is 3.85. The van der Waals surface area contributed by atoms with E-state index in [4.69, 9.17) is 4.74 Å². The summed E-state index contributed by atoms with van der Waals surface area (Å²) >= 11 is 0. The monoisotopic (exact) mass is 441 g/mol. The number of amides is 2. The first kappa shape index (κ1) is 21.8. The summed E-state index contributed by atoms with van der Waals surface area (Å²) < 4.78 is 6.91. The van der Waals surface area contributed by atoms with E-state index in [1.807, 2.05) is 19.9 Å². The molecule has 0 fully saturated rings. The number of ether oxygens (including phenoxy) is 1. The Morgan fingerprint density at radius 1 is 0.909 bits per heavy atom. The molecular weight excluding hydrogens is 418 g/mol. The first-order valence-electron chi connectivity index (χ1n) is 10.3. The topological polar surface area (TPSA) is 98.1 Å². The number of benzene rings is 2. The highest BCUT2D eigenvalue weighted by Crippen LogP contribution is 2.21. The smallest absolute Gasteiger partial charge is 0.257 e. The first-order chi connectivity index (χ1) is 15.9. The molecular formula is C25H23N5O3. The van der Waals surface area contributed by atoms with Crippen molar-refractivity contribution in [2.24, 2.45) is 0 Å². The zero-order valence-electron chi connectivity index (χ0n) is 18.5. The third kappa shape index (κ3) is 4.90. The molecule has 0 aliphatic rings. The summed E-state index contributed by atoms with van der Waals surface area (Å²) in [5.74, 6) is 0.530. The van der Waals surface area contributed by atoms with Crippen molar-refractivity contribution in [1.82, 2.24) is 14.8 Å². The number of methoxy groups -OCH3 is 1. The molecule has 0 aliphatic carbocycles. The quantitative estimate of drug-likeness (QED) is 0.462. The van der Waals surface area contributed by atoms with Gasteiger partial charge in [-0.1, -0.05) is 18.2 Å². The summed E-state index contributed by atoms with van der Waals surface area (Å²) in [5.41, 5.74) is 3.52. The number of aryl methyl sites for hydroxylation is 2. The van der Waals surface area contributed by atoms with Crippen molar-refractivity contribution < 1.29 is 14.3 Å². The van der Waals surface area contributed by atoms with E-state index in [-0.39, 0.29) is 11.8 Å². The van der Waals surface area contributed by atoms with Crippen LogP contribution in [0.3, 0.4) is 0 Å². The largest absolute Gasteiger partial charge is 0.497 e. The number of carbonyl (C=O) groups excluding carboxylic acids is 2. The summed E-state index contributed by atoms with van der Waals surface area (Å²) in [5, 5.41) is 10.0. The molecule has 8 heteroatoms. The fourth-order valence-corrected chi connectivity index (χ4v) is 3.39. The van der Waals surface area contributed by atoms with Gasteiger partial charge < -0.3 is 15.4 Å². The number of nitrogens with zero attached hydrogens (tertiary/aromatic N) is 3. The molecule has 2 amide bonds. The van der Waals surface area contributed by atoms with Gasteiger partial charge in [0.05, 0.1) is 29.6 Å². The number of nitrogens with one attached hydrogen (secondary N) is 2. The van der Waals surface area contributed by atoms with E-state index in [0.29, 0.717) is 34.1 Å². The van der Waals surface area contributed by atoms with Crippen molar-refractivity contribution in [3.63, 3.8) is 0 Å². The molecule has 0 radical (unpaired) electrons. The number of pyridine rings is 1. The predicted octanol–water partition coefficient (Wildman–Crippen LogP) is 4.40. The Kier molecular flexibility index (Phi) is 6.17. The number of para-hydroxylation sites is 1. The molecule has 166 valence electrons. The highest BCUT2D eigenvalue weighted by atomic mass is 16.5. The lowest BCUT2D eigenvalue weighted by Crippen LogP contribution is -2.18. The van der Waals surface area contributed by atoms with Crippen LogP contribution in [0.4, 0.5) is 11.4 Å². The van der Waals surface area contributed by atoms with Gasteiger partial charge in [0.1, 0.15) is 5.75 Å². The second-order valence-electron chi connectivity index (χ2n) is 7.43. The van der Waals surface area contributed by atoms with Gasteiger partial charge in [-0.3, -0.25) is 9.59 Å². The van der Waals surface area contributed by atoms with Crippen molar-refractivity contribution in [2.45, 2.75) is 13.8 Å². The number of anilines is 2. The summed E-state index contributed by atoms with van der Waals surface area (Å²) in [4.78, 5) is 30.1. The molecule has 0 atom stereocenters. The maximum Gasteiger partial charge on any atom is 0.257 e. The normalized spacial score (nSPS) is 10.5. The van der Waals surface area contributed by atoms with Crippen LogP contribution >= 0.6 is 0 Å². The average molecular weight is 441 g/mol. The second kappa shape index (κ2) is 9.35. The lowest BCUT2D eigenvalue weighted by molar-refractivity contribution is 0.102. The summed E-state index contributed by atoms with van der Waals surface area (Å²) in [7, 11) is 1.56. The molecule has 4 aromatic rings. The van der Waals surface area contributed by atoms with Crippen LogP contribution in [0.2, 0.25) is 0 Å². The van der Waals surface area contributed by atoms with Crippen molar-refractivity contribution in [3.8, 4) is 11.6 Å². The van der Waals surface area contributed by atoms with Crippen molar-refractivity contribution >= 4 is 23.2 Å². The van der Waals surface area contributed by atoms with E-state index in [2.05, 4.69) is 20.7 Å². The van der Waals surface area contributed by atoms with Crippen LogP contribution in [0.25, 0.3) is 5.82 Å². The molecule has 0 saturated heterocycles. The molecule has 33 heavy (non-hydrogen) atoms. The van der Waals surface area contributed by atoms with E-state index in [1.165, 1.54) is 6.20 Å². The zero-order chi connectivity index (χ0) is 23.4. The van der Waals surface area contributed by atoms with E-state index in [9.17, 15) is 9.59 Å². The first-order valence-corrected chi connectivity index (χ1v) is 10.3. The van der Waals surface area contributed by atoms with E-state index in [0.717, 1.165) is 11.4 Å². The Hall–Kier alpha value is -4.46. The number of hydrogen-bond donors (Lipinski definition) is 2. The molecule has 2 aromatic carbocycles. The Bertz CT molecular complexity index is 1310. The van der Waals surface area contributed by atoms with Crippen molar-refractivity contribution in [1.29, 1.82) is 0 Å². The van der Waals surface area contributed by atoms with Crippen LogP contribution in [0, 0.1) is 13.8 Å². The van der Waals surface area contributed by atoms with Gasteiger partial charge in [0, 0.05) is 23.6 Å². The Balaban J connectivity index is 1.50. The number of rotatable bonds is 6. The molecule has 2 aromatic heterocycles. The Labute approximate surface area is 191 Å². The molecule has 0 saturated carbocycles. The van der Waals surface area contributed by atoms with Crippen LogP contribution in [0.1, 0.15) is 32.1 Å². The average Bonchev–Trinajstić information content (AvgIpc) is 3.17. The number of hydrogen-bond acceptors (Lipinski definition) is 5. The lowest BCUT2D eigenvalue weighted by Gasteiger charge is -2.12. The third-order valence-electron chi connectivity index (χ3n) is 4.98. The molecule has 0 aliphatic heterocycles. The SMILES string of the molecule is COc1cccc(NC(=O)c2ccccc2NC(=O)c2ccc(-n3nc(C)cc3C)nc2)c1. The van der Waals surface area contributed by atoms with Gasteiger partial charge in [-0.05, 0) is 56.3 Å². The second-order valence-corrected chi connectivity index (χ2v) is 7.43. The van der Waals surface area contributed by atoms with E-state index in [1.54, 1.807) is 72.5 Å². The van der Waals surface area contributed by atoms with Crippen LogP contribution in [0.5, 0.6) is 5.75 Å². The fourth-order valence-electron chi connectivity index (χ4n) is 3.39. The maximum atomic E-state index is 12.9. The minimum absolute atomic E-state index is 0.334. The third-order valence-corrected chi connectivity index (χ3v) is 4.98. The van der Waals surface area contributed by atoms with Gasteiger partial charge in [0.15, 0.2) is 5.82 Å². The molecule has 0 spiro atoms. The summed E-state index contributed by atoms with van der Waals surface area (Å²) in [6.07, 6.45) is 1.49. The standard InChI is InChI=1S/C25H23N5O3/c1-16-13-17(2)30(29-16)23-12-11-18(15-26-23)24(31)28-22-10-5-4-9-21(22)25(32)27-19-7-6-8-20(14-19)33-3/h4-15H,1-3H3,(H,27,32)(H,28,31). The molecule has 2 N–H and O–H groups in total. The Morgan fingerprint density at radius 2 is 1.73 bits per heavy atom. The maximum absolute atomic E-state index is 12.9. The van der Waals surface area contributed by atoms with Gasteiger partial charge >= 0.3 is 0 Å². The van der Waals surface area contributed by atoms with Gasteiger partial charge in [-0.25, -0.2) is 9.67 Å². The van der Waals surface area contributed by atoms with Gasteiger partial charge in [0.25, 0.3) is 11.8 Å². The highest BCUT2D eigenvalue weighted by molar-refractivity contribution is 6.12. The van der Waals surface area contributed by atoms with Crippen LogP contribution in [-0.4, -0.2) is 33.7 Å². The Morgan fingerprint density at radius 3 is 2.42 bits per heavy atom. The predicted molar refractivity (Wildman–Crippen MR) is 126 cm³/mol. The minimum Gasteiger partial charge on any atom is -0.497 e. The van der Waals surface area contributed by atoms with Crippen molar-refractivity contribution in [3.05, 3.63) is 95.4 Å². The fraction of sp³-hybridized carbons (Fsp3) is 0.120. The minimum atomic E-state index is -0.371. The van der Waals surface area contributed by atoms with Gasteiger partial charge in [0.2, 0.25) is 0 Å². The van der Waals surface area contributed by atoms with Gasteiger partial charge in [-0.15, -0.1) is 0 Å². The van der Waals surface area contributed by atoms with E-state index < -0.39 is 0 Å². The number of carbonyl (C=O) groups is 2. The lowest BCUT2D eigenvalue weighted by atomic mass is 10.1. The molecule has 0 bridgehead atoms. The van der Waals surface area contributed by atoms with Crippen LogP contribution in [-0.2, 0) is 0 Å². The van der Waals surface area contributed by atoms with E-state index >= 15 is 0 Å². The summed E-state index contributed by atoms with van der Waals surface area (Å²) in [6, 6.07) is 19.2. The molecule has 4 rings (SSSR count). The molecule has 8 nitrogen and oxygen atoms in total. The number of aromatic nitrogens is 3. The van der Waals surface area contributed by atoms with Gasteiger partial charge in [-0.2, -0.15) is 5.10 Å². The van der Waals surface area contributed by atoms with Crippen LogP contribution in [0.15, 0.2) is 72.9 Å². The van der Waals surface area contributed by atoms with Crippen molar-refractivity contribution in [2.75, 3.05) is 17.7 Å². The van der Waals surface area contributed by atoms with Crippen LogP contribution < -0.4 is 15.4 Å². The highest BCUT2D eigenvalue weighted by Gasteiger charge is 2.15.